The second kappa shape index (κ2) is 5.78. The summed E-state index contributed by atoms with van der Waals surface area (Å²) in [5, 5.41) is 0. The van der Waals surface area contributed by atoms with Crippen molar-refractivity contribution in [3.8, 4) is 5.75 Å². The number of anilines is 1. The van der Waals surface area contributed by atoms with Crippen molar-refractivity contribution in [2.24, 2.45) is 0 Å². The molecule has 0 saturated heterocycles. The summed E-state index contributed by atoms with van der Waals surface area (Å²) in [5.74, 6) is 0.455. The number of nitrogens with two attached hydrogens (primary N) is 1. The van der Waals surface area contributed by atoms with Gasteiger partial charge in [-0.3, -0.25) is 0 Å². The van der Waals surface area contributed by atoms with Crippen LogP contribution >= 0.6 is 11.8 Å². The van der Waals surface area contributed by atoms with Crippen LogP contribution < -0.4 is 10.5 Å². The lowest BCUT2D eigenvalue weighted by molar-refractivity contribution is 0.341. The van der Waals surface area contributed by atoms with Gasteiger partial charge >= 0.3 is 0 Å². The Morgan fingerprint density at radius 2 is 1.78 bits per heavy atom. The van der Waals surface area contributed by atoms with Gasteiger partial charge in [-0.1, -0.05) is 11.8 Å². The first-order valence-electron chi connectivity index (χ1n) is 5.65. The molecule has 2 N–H and O–H groups in total. The minimum atomic E-state index is -0.230. The van der Waals surface area contributed by atoms with Gasteiger partial charge in [0.1, 0.15) is 11.6 Å². The molecule has 0 radical (unpaired) electrons. The van der Waals surface area contributed by atoms with Gasteiger partial charge in [0, 0.05) is 9.79 Å². The highest BCUT2D eigenvalue weighted by Crippen LogP contribution is 2.33. The topological polar surface area (TPSA) is 35.2 Å². The van der Waals surface area contributed by atoms with Crippen molar-refractivity contribution in [2.75, 3.05) is 12.3 Å². The van der Waals surface area contributed by atoms with Gasteiger partial charge in [-0.25, -0.2) is 4.39 Å². The monoisotopic (exact) mass is 263 g/mol. The van der Waals surface area contributed by atoms with Gasteiger partial charge in [0.25, 0.3) is 0 Å². The summed E-state index contributed by atoms with van der Waals surface area (Å²) in [5.41, 5.74) is 6.43. The van der Waals surface area contributed by atoms with E-state index in [1.54, 1.807) is 23.9 Å². The van der Waals surface area contributed by atoms with Crippen molar-refractivity contribution >= 4 is 17.4 Å². The Hall–Kier alpha value is -1.68. The Morgan fingerprint density at radius 3 is 2.44 bits per heavy atom. The number of ether oxygens (including phenoxy) is 1. The van der Waals surface area contributed by atoms with E-state index in [9.17, 15) is 4.39 Å². The van der Waals surface area contributed by atoms with Gasteiger partial charge in [0.05, 0.1) is 12.3 Å². The van der Waals surface area contributed by atoms with Gasteiger partial charge in [-0.05, 0) is 49.4 Å². The highest BCUT2D eigenvalue weighted by atomic mass is 32.2. The standard InChI is InChI=1S/C14H14FNOS/c1-2-17-14-9-12(7-8-13(14)16)18-11-5-3-10(15)4-6-11/h3-9H,2,16H2,1H3. The van der Waals surface area contributed by atoms with Gasteiger partial charge in [-0.2, -0.15) is 0 Å². The zero-order valence-corrected chi connectivity index (χ0v) is 10.8. The molecule has 18 heavy (non-hydrogen) atoms. The molecule has 0 atom stereocenters. The van der Waals surface area contributed by atoms with Crippen LogP contribution in [-0.2, 0) is 0 Å². The Balaban J connectivity index is 2.18. The summed E-state index contributed by atoms with van der Waals surface area (Å²) in [7, 11) is 0. The molecule has 0 amide bonds. The molecule has 0 spiro atoms. The second-order valence-corrected chi connectivity index (χ2v) is 4.84. The fraction of sp³-hybridized carbons (Fsp3) is 0.143. The number of hydrogen-bond acceptors (Lipinski definition) is 3. The minimum Gasteiger partial charge on any atom is -0.492 e. The van der Waals surface area contributed by atoms with Crippen LogP contribution in [-0.4, -0.2) is 6.61 Å². The third kappa shape index (κ3) is 3.17. The summed E-state index contributed by atoms with van der Waals surface area (Å²) in [6, 6.07) is 12.0. The van der Waals surface area contributed by atoms with E-state index in [1.165, 1.54) is 12.1 Å². The molecule has 4 heteroatoms. The SMILES string of the molecule is CCOc1cc(Sc2ccc(F)cc2)ccc1N. The molecule has 0 aromatic heterocycles. The van der Waals surface area contributed by atoms with Crippen molar-refractivity contribution in [2.45, 2.75) is 16.7 Å². The molecule has 0 unspecified atom stereocenters. The van der Waals surface area contributed by atoms with Crippen molar-refractivity contribution in [1.29, 1.82) is 0 Å². The van der Waals surface area contributed by atoms with E-state index in [2.05, 4.69) is 0 Å². The summed E-state index contributed by atoms with van der Waals surface area (Å²) in [4.78, 5) is 1.99. The van der Waals surface area contributed by atoms with Crippen molar-refractivity contribution in [1.82, 2.24) is 0 Å². The van der Waals surface area contributed by atoms with E-state index in [0.29, 0.717) is 18.0 Å². The molecule has 0 bridgehead atoms. The van der Waals surface area contributed by atoms with E-state index in [4.69, 9.17) is 10.5 Å². The number of halogens is 1. The maximum Gasteiger partial charge on any atom is 0.143 e. The third-order valence-electron chi connectivity index (χ3n) is 2.33. The first-order valence-corrected chi connectivity index (χ1v) is 6.46. The fourth-order valence-electron chi connectivity index (χ4n) is 1.50. The predicted molar refractivity (Wildman–Crippen MR) is 72.5 cm³/mol. The van der Waals surface area contributed by atoms with E-state index in [1.807, 2.05) is 25.1 Å². The molecule has 0 saturated carbocycles. The van der Waals surface area contributed by atoms with Crippen molar-refractivity contribution < 1.29 is 9.13 Å². The van der Waals surface area contributed by atoms with Crippen molar-refractivity contribution in [3.05, 3.63) is 48.3 Å². The van der Waals surface area contributed by atoms with Crippen molar-refractivity contribution in [3.63, 3.8) is 0 Å². The van der Waals surface area contributed by atoms with Crippen LogP contribution in [0.15, 0.2) is 52.3 Å². The number of hydrogen-bond donors (Lipinski definition) is 1. The minimum absolute atomic E-state index is 0.230. The molecular formula is C14H14FNOS. The molecule has 0 fully saturated rings. The summed E-state index contributed by atoms with van der Waals surface area (Å²) >= 11 is 1.54. The molecule has 0 aliphatic rings. The first-order chi connectivity index (χ1) is 8.69. The highest BCUT2D eigenvalue weighted by Gasteiger charge is 2.03. The van der Waals surface area contributed by atoms with Gasteiger partial charge in [0.15, 0.2) is 0 Å². The van der Waals surface area contributed by atoms with Crippen LogP contribution in [0.4, 0.5) is 10.1 Å². The van der Waals surface area contributed by atoms with Crippen LogP contribution in [0.1, 0.15) is 6.92 Å². The van der Waals surface area contributed by atoms with Crippen LogP contribution in [0.25, 0.3) is 0 Å². The van der Waals surface area contributed by atoms with E-state index < -0.39 is 0 Å². The summed E-state index contributed by atoms with van der Waals surface area (Å²) in [6.07, 6.45) is 0. The maximum atomic E-state index is 12.8. The Bertz CT molecular complexity index is 528. The second-order valence-electron chi connectivity index (χ2n) is 3.69. The molecule has 0 heterocycles. The van der Waals surface area contributed by atoms with Gasteiger partial charge in [0.2, 0.25) is 0 Å². The van der Waals surface area contributed by atoms with Crippen LogP contribution in [0.5, 0.6) is 5.75 Å². The molecule has 0 aliphatic carbocycles. The normalized spacial score (nSPS) is 10.3. The highest BCUT2D eigenvalue weighted by molar-refractivity contribution is 7.99. The zero-order valence-electron chi connectivity index (χ0n) is 10.0. The molecule has 0 aliphatic heterocycles. The number of rotatable bonds is 4. The van der Waals surface area contributed by atoms with Crippen LogP contribution in [0, 0.1) is 5.82 Å². The quantitative estimate of drug-likeness (QED) is 0.848. The molecule has 2 aromatic carbocycles. The summed E-state index contributed by atoms with van der Waals surface area (Å²) < 4.78 is 18.2. The molecule has 94 valence electrons. The van der Waals surface area contributed by atoms with Crippen LogP contribution in [0.2, 0.25) is 0 Å². The Labute approximate surface area is 110 Å². The van der Waals surface area contributed by atoms with Gasteiger partial charge < -0.3 is 10.5 Å². The van der Waals surface area contributed by atoms with E-state index in [-0.39, 0.29) is 5.82 Å². The lowest BCUT2D eigenvalue weighted by Crippen LogP contribution is -1.96. The third-order valence-corrected chi connectivity index (χ3v) is 3.33. The average molecular weight is 263 g/mol. The van der Waals surface area contributed by atoms with E-state index in [0.717, 1.165) is 9.79 Å². The smallest absolute Gasteiger partial charge is 0.143 e. The molecular weight excluding hydrogens is 249 g/mol. The lowest BCUT2D eigenvalue weighted by atomic mass is 10.3. The molecule has 2 rings (SSSR count). The predicted octanol–water partition coefficient (Wildman–Crippen LogP) is 3.96. The average Bonchev–Trinajstić information content (AvgIpc) is 2.37. The largest absolute Gasteiger partial charge is 0.492 e. The van der Waals surface area contributed by atoms with Gasteiger partial charge in [-0.15, -0.1) is 0 Å². The fourth-order valence-corrected chi connectivity index (χ4v) is 2.34. The Morgan fingerprint density at radius 1 is 1.11 bits per heavy atom. The molecule has 2 nitrogen and oxygen atoms in total. The number of benzene rings is 2. The zero-order chi connectivity index (χ0) is 13.0. The maximum absolute atomic E-state index is 12.8. The lowest BCUT2D eigenvalue weighted by Gasteiger charge is -2.09. The number of nitrogen functional groups attached to an aromatic ring is 1. The molecule has 2 aromatic rings. The Kier molecular flexibility index (Phi) is 4.10. The first kappa shape index (κ1) is 12.8. The summed E-state index contributed by atoms with van der Waals surface area (Å²) in [6.45, 7) is 2.49. The van der Waals surface area contributed by atoms with Crippen LogP contribution in [0.3, 0.4) is 0 Å². The van der Waals surface area contributed by atoms with E-state index >= 15 is 0 Å².